The molecular formula is C18H32N4O. The summed E-state index contributed by atoms with van der Waals surface area (Å²) in [6, 6.07) is 8.10. The van der Waals surface area contributed by atoms with Gasteiger partial charge in [-0.3, -0.25) is 0 Å². The number of aliphatic imine (C=N–C) groups is 1. The van der Waals surface area contributed by atoms with Gasteiger partial charge in [-0.05, 0) is 44.6 Å². The van der Waals surface area contributed by atoms with Crippen molar-refractivity contribution < 1.29 is 4.74 Å². The van der Waals surface area contributed by atoms with E-state index in [0.29, 0.717) is 19.1 Å². The fraction of sp³-hybridized carbons (Fsp3) is 0.611. The van der Waals surface area contributed by atoms with Crippen LogP contribution in [0.2, 0.25) is 0 Å². The van der Waals surface area contributed by atoms with Gasteiger partial charge in [-0.1, -0.05) is 26.0 Å². The van der Waals surface area contributed by atoms with Gasteiger partial charge < -0.3 is 20.3 Å². The number of guanidine groups is 1. The Bertz CT molecular complexity index is 451. The van der Waals surface area contributed by atoms with Gasteiger partial charge in [0.05, 0.1) is 6.54 Å². The lowest BCUT2D eigenvalue weighted by atomic mass is 10.2. The summed E-state index contributed by atoms with van der Waals surface area (Å²) < 4.78 is 5.78. The number of nitrogens with two attached hydrogens (primary N) is 1. The summed E-state index contributed by atoms with van der Waals surface area (Å²) >= 11 is 0. The Kier molecular flexibility index (Phi) is 9.14. The van der Waals surface area contributed by atoms with Crippen LogP contribution < -0.4 is 10.5 Å². The largest absolute Gasteiger partial charge is 0.492 e. The quantitative estimate of drug-likeness (QED) is 0.532. The van der Waals surface area contributed by atoms with Crippen molar-refractivity contribution in [3.05, 3.63) is 29.8 Å². The van der Waals surface area contributed by atoms with Crippen LogP contribution in [-0.2, 0) is 6.54 Å². The van der Waals surface area contributed by atoms with Gasteiger partial charge in [-0.2, -0.15) is 0 Å². The molecule has 1 rings (SSSR count). The summed E-state index contributed by atoms with van der Waals surface area (Å²) in [5.74, 6) is 1.51. The van der Waals surface area contributed by atoms with Crippen molar-refractivity contribution >= 4 is 5.96 Å². The number of likely N-dealkylation sites (N-methyl/N-ethyl adjacent to an activating group) is 1. The van der Waals surface area contributed by atoms with Crippen LogP contribution in [0.5, 0.6) is 5.75 Å². The molecule has 0 atom stereocenters. The van der Waals surface area contributed by atoms with Gasteiger partial charge in [-0.15, -0.1) is 0 Å². The molecule has 0 heterocycles. The smallest absolute Gasteiger partial charge is 0.191 e. The molecule has 5 heteroatoms. The fourth-order valence-electron chi connectivity index (χ4n) is 2.34. The van der Waals surface area contributed by atoms with Gasteiger partial charge in [0.15, 0.2) is 5.96 Å². The Morgan fingerprint density at radius 1 is 1.00 bits per heavy atom. The number of benzene rings is 1. The molecule has 2 N–H and O–H groups in total. The molecule has 0 aliphatic rings. The Balaban J connectivity index is 2.45. The summed E-state index contributed by atoms with van der Waals surface area (Å²) in [7, 11) is 0. The lowest BCUT2D eigenvalue weighted by Crippen LogP contribution is -2.37. The van der Waals surface area contributed by atoms with E-state index in [0.717, 1.165) is 44.0 Å². The monoisotopic (exact) mass is 320 g/mol. The number of ether oxygens (including phenoxy) is 1. The maximum Gasteiger partial charge on any atom is 0.191 e. The summed E-state index contributed by atoms with van der Waals surface area (Å²) in [6.45, 7) is 14.7. The molecule has 1 aromatic carbocycles. The predicted molar refractivity (Wildman–Crippen MR) is 98.0 cm³/mol. The van der Waals surface area contributed by atoms with E-state index in [1.807, 2.05) is 29.2 Å². The van der Waals surface area contributed by atoms with Gasteiger partial charge in [0.2, 0.25) is 0 Å². The molecule has 0 aromatic heterocycles. The van der Waals surface area contributed by atoms with Gasteiger partial charge >= 0.3 is 0 Å². The van der Waals surface area contributed by atoms with Gasteiger partial charge in [0.1, 0.15) is 12.4 Å². The average molecular weight is 320 g/mol. The average Bonchev–Trinajstić information content (AvgIpc) is 2.59. The molecule has 0 saturated heterocycles. The molecule has 0 radical (unpaired) electrons. The first-order valence-corrected chi connectivity index (χ1v) is 8.63. The second-order valence-corrected chi connectivity index (χ2v) is 5.37. The third-order valence-electron chi connectivity index (χ3n) is 4.01. The van der Waals surface area contributed by atoms with Crippen LogP contribution in [0.25, 0.3) is 0 Å². The van der Waals surface area contributed by atoms with Gasteiger partial charge in [-0.25, -0.2) is 4.99 Å². The molecule has 0 aliphatic heterocycles. The first-order valence-electron chi connectivity index (χ1n) is 8.63. The maximum atomic E-state index is 5.98. The zero-order valence-electron chi connectivity index (χ0n) is 15.1. The summed E-state index contributed by atoms with van der Waals surface area (Å²) in [4.78, 5) is 8.84. The highest BCUT2D eigenvalue weighted by Gasteiger charge is 2.02. The van der Waals surface area contributed by atoms with Crippen molar-refractivity contribution in [1.82, 2.24) is 9.80 Å². The highest BCUT2D eigenvalue weighted by molar-refractivity contribution is 5.77. The number of hydrogen-bond donors (Lipinski definition) is 1. The molecule has 0 aliphatic carbocycles. The van der Waals surface area contributed by atoms with Crippen LogP contribution in [0.15, 0.2) is 29.3 Å². The first-order chi connectivity index (χ1) is 11.1. The fourth-order valence-corrected chi connectivity index (χ4v) is 2.34. The Hall–Kier alpha value is -1.75. The highest BCUT2D eigenvalue weighted by atomic mass is 16.5. The van der Waals surface area contributed by atoms with Crippen molar-refractivity contribution in [2.45, 2.75) is 34.2 Å². The molecule has 23 heavy (non-hydrogen) atoms. The second-order valence-electron chi connectivity index (χ2n) is 5.37. The molecule has 130 valence electrons. The molecule has 5 nitrogen and oxygen atoms in total. The van der Waals surface area contributed by atoms with Crippen molar-refractivity contribution in [3.8, 4) is 5.75 Å². The predicted octanol–water partition coefficient (Wildman–Crippen LogP) is 2.56. The molecule has 0 saturated carbocycles. The van der Waals surface area contributed by atoms with Gasteiger partial charge in [0, 0.05) is 19.6 Å². The van der Waals surface area contributed by atoms with E-state index in [4.69, 9.17) is 10.5 Å². The Labute approximate surface area is 141 Å². The lowest BCUT2D eigenvalue weighted by molar-refractivity contribution is 0.223. The van der Waals surface area contributed by atoms with E-state index < -0.39 is 0 Å². The van der Waals surface area contributed by atoms with Crippen LogP contribution in [0, 0.1) is 0 Å². The van der Waals surface area contributed by atoms with Crippen molar-refractivity contribution in [2.24, 2.45) is 10.7 Å². The Morgan fingerprint density at radius 2 is 1.61 bits per heavy atom. The molecule has 0 amide bonds. The molecular weight excluding hydrogens is 288 g/mol. The summed E-state index contributed by atoms with van der Waals surface area (Å²) in [6.07, 6.45) is 0. The highest BCUT2D eigenvalue weighted by Crippen LogP contribution is 2.13. The second kappa shape index (κ2) is 10.9. The van der Waals surface area contributed by atoms with E-state index in [-0.39, 0.29) is 0 Å². The van der Waals surface area contributed by atoms with Crippen LogP contribution in [0.1, 0.15) is 33.3 Å². The van der Waals surface area contributed by atoms with Crippen molar-refractivity contribution in [1.29, 1.82) is 0 Å². The van der Waals surface area contributed by atoms with Gasteiger partial charge in [0.25, 0.3) is 0 Å². The van der Waals surface area contributed by atoms with Crippen molar-refractivity contribution in [2.75, 3.05) is 39.3 Å². The van der Waals surface area contributed by atoms with E-state index in [1.165, 1.54) is 0 Å². The number of hydrogen-bond acceptors (Lipinski definition) is 3. The molecule has 1 aromatic rings. The first kappa shape index (κ1) is 19.3. The zero-order valence-corrected chi connectivity index (χ0v) is 15.1. The summed E-state index contributed by atoms with van der Waals surface area (Å²) in [5, 5.41) is 0. The minimum Gasteiger partial charge on any atom is -0.492 e. The standard InChI is InChI=1S/C18H32N4O/c1-5-21(6-2)13-14-23-17-11-9-16(10-12-17)15-20-18(19)22(7-3)8-4/h9-12H,5-8,13-15H2,1-4H3,(H2,19,20). The van der Waals surface area contributed by atoms with E-state index >= 15 is 0 Å². The topological polar surface area (TPSA) is 54.1 Å². The molecule has 0 bridgehead atoms. The van der Waals surface area contributed by atoms with Crippen LogP contribution in [-0.4, -0.2) is 55.1 Å². The van der Waals surface area contributed by atoms with E-state index in [9.17, 15) is 0 Å². The normalized spacial score (nSPS) is 11.8. The van der Waals surface area contributed by atoms with Crippen LogP contribution in [0.3, 0.4) is 0 Å². The van der Waals surface area contributed by atoms with Crippen LogP contribution in [0.4, 0.5) is 0 Å². The van der Waals surface area contributed by atoms with E-state index in [1.54, 1.807) is 0 Å². The lowest BCUT2D eigenvalue weighted by Gasteiger charge is -2.19. The minimum absolute atomic E-state index is 0.599. The molecule has 0 unspecified atom stereocenters. The molecule has 0 spiro atoms. The minimum atomic E-state index is 0.599. The summed E-state index contributed by atoms with van der Waals surface area (Å²) in [5.41, 5.74) is 7.12. The molecule has 0 fully saturated rings. The zero-order chi connectivity index (χ0) is 17.1. The third kappa shape index (κ3) is 6.91. The number of rotatable bonds is 10. The Morgan fingerprint density at radius 3 is 2.13 bits per heavy atom. The maximum absolute atomic E-state index is 5.98. The van der Waals surface area contributed by atoms with Crippen molar-refractivity contribution in [3.63, 3.8) is 0 Å². The van der Waals surface area contributed by atoms with E-state index in [2.05, 4.69) is 37.6 Å². The third-order valence-corrected chi connectivity index (χ3v) is 4.01. The number of nitrogens with zero attached hydrogens (tertiary/aromatic N) is 3. The van der Waals surface area contributed by atoms with Crippen LogP contribution >= 0.6 is 0 Å². The SMILES string of the molecule is CCN(CC)CCOc1ccc(CN=C(N)N(CC)CC)cc1.